The molecule has 2 heterocycles. The van der Waals surface area contributed by atoms with Gasteiger partial charge in [0.05, 0.1) is 28.3 Å². The summed E-state index contributed by atoms with van der Waals surface area (Å²) in [6, 6.07) is 19.9. The van der Waals surface area contributed by atoms with Crippen LogP contribution in [-0.4, -0.2) is 16.6 Å². The number of fused-ring (bicyclic) bond motifs is 3. The number of nitrogens with zero attached hydrogens (tertiary/aromatic N) is 3. The van der Waals surface area contributed by atoms with E-state index in [1.807, 2.05) is 42.5 Å². The molecule has 0 unspecified atom stereocenters. The lowest BCUT2D eigenvalue weighted by atomic mass is 9.83. The van der Waals surface area contributed by atoms with Gasteiger partial charge in [-0.3, -0.25) is 19.5 Å². The van der Waals surface area contributed by atoms with Crippen LogP contribution in [0.25, 0.3) is 11.8 Å². The first kappa shape index (κ1) is 23.6. The molecule has 4 aromatic rings. The van der Waals surface area contributed by atoms with Crippen LogP contribution in [0.2, 0.25) is 0 Å². The second-order valence-corrected chi connectivity index (χ2v) is 10.8. The molecule has 184 valence electrons. The summed E-state index contributed by atoms with van der Waals surface area (Å²) in [6.45, 7) is 0. The summed E-state index contributed by atoms with van der Waals surface area (Å²) in [4.78, 5) is 30.6. The summed E-state index contributed by atoms with van der Waals surface area (Å²) in [5.41, 5.74) is 5.38. The van der Waals surface area contributed by atoms with Crippen LogP contribution in [0, 0.1) is 10.1 Å². The molecule has 6 rings (SSSR count). The van der Waals surface area contributed by atoms with Crippen molar-refractivity contribution in [2.75, 3.05) is 7.11 Å². The lowest BCUT2D eigenvalue weighted by Crippen LogP contribution is -2.38. The Morgan fingerprint density at radius 2 is 1.97 bits per heavy atom. The fraction of sp³-hybridized carbons (Fsp3) is 0.143. The molecular weight excluding hydrogens is 554 g/mol. The predicted octanol–water partition coefficient (Wildman–Crippen LogP) is 5.00. The van der Waals surface area contributed by atoms with Crippen molar-refractivity contribution in [2.24, 2.45) is 4.99 Å². The standard InChI is InChI=1S/C28H20BrN3O4S/c1-36-23-12-10-19(29)13-18(23)15-24-27(33)31-26(17-6-4-7-20(14-17)32(34)35)22-11-9-16-5-2-3-8-21(16)25(22)30-28(31)37-24/h2-8,10,12-15,26H,9,11H2,1H3/b24-15+/t26-/m1/s1. The molecule has 37 heavy (non-hydrogen) atoms. The van der Waals surface area contributed by atoms with Gasteiger partial charge in [0.2, 0.25) is 0 Å². The Balaban J connectivity index is 1.64. The number of aryl methyl sites for hydroxylation is 1. The van der Waals surface area contributed by atoms with Crippen LogP contribution in [0.4, 0.5) is 5.69 Å². The number of hydrogen-bond acceptors (Lipinski definition) is 6. The van der Waals surface area contributed by atoms with Crippen LogP contribution in [0.15, 0.2) is 86.6 Å². The molecule has 1 aliphatic heterocycles. The van der Waals surface area contributed by atoms with E-state index in [0.29, 0.717) is 27.1 Å². The molecule has 0 spiro atoms. The maximum atomic E-state index is 13.9. The van der Waals surface area contributed by atoms with Gasteiger partial charge in [-0.1, -0.05) is 63.7 Å². The predicted molar refractivity (Wildman–Crippen MR) is 147 cm³/mol. The first-order valence-corrected chi connectivity index (χ1v) is 13.3. The zero-order valence-corrected chi connectivity index (χ0v) is 22.1. The van der Waals surface area contributed by atoms with Crippen LogP contribution in [-0.2, 0) is 6.42 Å². The van der Waals surface area contributed by atoms with Crippen LogP contribution >= 0.6 is 27.3 Å². The van der Waals surface area contributed by atoms with E-state index in [9.17, 15) is 14.9 Å². The molecule has 0 N–H and O–H groups in total. The fourth-order valence-corrected chi connectivity index (χ4v) is 6.46. The van der Waals surface area contributed by atoms with Gasteiger partial charge in [0.15, 0.2) is 4.80 Å². The van der Waals surface area contributed by atoms with Gasteiger partial charge in [0.25, 0.3) is 11.2 Å². The van der Waals surface area contributed by atoms with Gasteiger partial charge in [0, 0.05) is 27.7 Å². The molecule has 1 aliphatic carbocycles. The van der Waals surface area contributed by atoms with Crippen molar-refractivity contribution >= 4 is 44.7 Å². The maximum absolute atomic E-state index is 13.9. The van der Waals surface area contributed by atoms with Crippen molar-refractivity contribution < 1.29 is 9.66 Å². The lowest BCUT2D eigenvalue weighted by molar-refractivity contribution is -0.384. The van der Waals surface area contributed by atoms with Crippen molar-refractivity contribution in [2.45, 2.75) is 18.9 Å². The molecule has 1 aromatic heterocycles. The van der Waals surface area contributed by atoms with Crippen molar-refractivity contribution in [3.05, 3.63) is 129 Å². The summed E-state index contributed by atoms with van der Waals surface area (Å²) in [5.74, 6) is 0.650. The van der Waals surface area contributed by atoms with E-state index >= 15 is 0 Å². The number of nitro benzene ring substituents is 1. The largest absolute Gasteiger partial charge is 0.496 e. The molecule has 3 aromatic carbocycles. The Morgan fingerprint density at radius 3 is 2.78 bits per heavy atom. The van der Waals surface area contributed by atoms with E-state index in [1.165, 1.54) is 23.0 Å². The van der Waals surface area contributed by atoms with Gasteiger partial charge in [-0.15, -0.1) is 0 Å². The molecule has 0 bridgehead atoms. The van der Waals surface area contributed by atoms with Gasteiger partial charge < -0.3 is 4.74 Å². The Kier molecular flexibility index (Phi) is 5.89. The highest BCUT2D eigenvalue weighted by Crippen LogP contribution is 2.41. The Hall–Kier alpha value is -3.82. The molecular formula is C28H20BrN3O4S. The lowest BCUT2D eigenvalue weighted by Gasteiger charge is -2.30. The maximum Gasteiger partial charge on any atom is 0.271 e. The quantitative estimate of drug-likeness (QED) is 0.254. The van der Waals surface area contributed by atoms with Gasteiger partial charge >= 0.3 is 0 Å². The van der Waals surface area contributed by atoms with Crippen LogP contribution in [0.3, 0.4) is 0 Å². The third-order valence-electron chi connectivity index (χ3n) is 6.75. The highest BCUT2D eigenvalue weighted by Gasteiger charge is 2.33. The van der Waals surface area contributed by atoms with Crippen molar-refractivity contribution in [3.63, 3.8) is 0 Å². The minimum atomic E-state index is -0.480. The first-order chi connectivity index (χ1) is 17.9. The van der Waals surface area contributed by atoms with Gasteiger partial charge in [-0.2, -0.15) is 0 Å². The second-order valence-electron chi connectivity index (χ2n) is 8.85. The molecule has 0 saturated carbocycles. The smallest absolute Gasteiger partial charge is 0.271 e. The minimum Gasteiger partial charge on any atom is -0.496 e. The molecule has 0 radical (unpaired) electrons. The zero-order chi connectivity index (χ0) is 25.7. The first-order valence-electron chi connectivity index (χ1n) is 11.7. The van der Waals surface area contributed by atoms with Gasteiger partial charge in [-0.25, -0.2) is 4.99 Å². The summed E-state index contributed by atoms with van der Waals surface area (Å²) in [7, 11) is 1.59. The fourth-order valence-electron chi connectivity index (χ4n) is 5.09. The van der Waals surface area contributed by atoms with Crippen molar-refractivity contribution in [1.29, 1.82) is 0 Å². The van der Waals surface area contributed by atoms with Crippen LogP contribution in [0.1, 0.15) is 34.7 Å². The normalized spacial score (nSPS) is 16.5. The van der Waals surface area contributed by atoms with E-state index in [-0.39, 0.29) is 11.2 Å². The van der Waals surface area contributed by atoms with Crippen molar-refractivity contribution in [3.8, 4) is 5.75 Å². The highest BCUT2D eigenvalue weighted by molar-refractivity contribution is 9.10. The summed E-state index contributed by atoms with van der Waals surface area (Å²) >= 11 is 4.80. The van der Waals surface area contributed by atoms with Crippen LogP contribution in [0.5, 0.6) is 5.75 Å². The van der Waals surface area contributed by atoms with Gasteiger partial charge in [-0.05, 0) is 53.8 Å². The number of thiazole rings is 1. The van der Waals surface area contributed by atoms with Gasteiger partial charge in [0.1, 0.15) is 5.75 Å². The molecule has 7 nitrogen and oxygen atoms in total. The Labute approximate surface area is 224 Å². The summed E-state index contributed by atoms with van der Waals surface area (Å²) in [6.07, 6.45) is 3.34. The van der Waals surface area contributed by atoms with E-state index in [0.717, 1.165) is 33.3 Å². The number of aromatic nitrogens is 1. The second kappa shape index (κ2) is 9.24. The number of benzene rings is 3. The number of nitro groups is 1. The number of methoxy groups -OCH3 is 1. The number of non-ortho nitro benzene ring substituents is 1. The number of hydrogen-bond donors (Lipinski definition) is 0. The van der Waals surface area contributed by atoms with Crippen molar-refractivity contribution in [1.82, 2.24) is 4.57 Å². The Morgan fingerprint density at radius 1 is 1.14 bits per heavy atom. The number of halogens is 1. The summed E-state index contributed by atoms with van der Waals surface area (Å²) in [5, 5.41) is 11.6. The van der Waals surface area contributed by atoms with E-state index in [2.05, 4.69) is 28.1 Å². The zero-order valence-electron chi connectivity index (χ0n) is 19.7. The topological polar surface area (TPSA) is 86.7 Å². The third-order valence-corrected chi connectivity index (χ3v) is 8.22. The number of allylic oxidation sites excluding steroid dienone is 1. The minimum absolute atomic E-state index is 0.00569. The van der Waals surface area contributed by atoms with E-state index in [4.69, 9.17) is 9.73 Å². The molecule has 0 amide bonds. The van der Waals surface area contributed by atoms with Crippen LogP contribution < -0.4 is 19.6 Å². The molecule has 2 aliphatic rings. The molecule has 1 atom stereocenters. The third kappa shape index (κ3) is 4.04. The summed E-state index contributed by atoms with van der Waals surface area (Å²) < 4.78 is 8.57. The van der Waals surface area contributed by atoms with E-state index < -0.39 is 11.0 Å². The van der Waals surface area contributed by atoms with E-state index in [1.54, 1.807) is 23.8 Å². The number of ether oxygens (including phenoxy) is 1. The SMILES string of the molecule is COc1ccc(Br)cc1/C=c1/sc2n(c1=O)[C@H](c1cccc([N+](=O)[O-])c1)C1=C(N=2)c2ccccc2CC1. The Bertz CT molecular complexity index is 1800. The monoisotopic (exact) mass is 573 g/mol. The number of rotatable bonds is 4. The average molecular weight is 574 g/mol. The molecule has 9 heteroatoms. The molecule has 0 saturated heterocycles. The average Bonchev–Trinajstić information content (AvgIpc) is 3.22. The molecule has 0 fully saturated rings. The highest BCUT2D eigenvalue weighted by atomic mass is 79.9.